The highest BCUT2D eigenvalue weighted by Crippen LogP contribution is 2.33. The molecule has 1 atom stereocenters. The molecule has 0 N–H and O–H groups in total. The number of hydrogen-bond acceptors (Lipinski definition) is 5. The van der Waals surface area contributed by atoms with Gasteiger partial charge in [0.1, 0.15) is 5.75 Å². The molecule has 2 aliphatic rings. The van der Waals surface area contributed by atoms with Crippen LogP contribution in [0.25, 0.3) is 11.0 Å². The molecule has 150 valence electrons. The average molecular weight is 392 g/mol. The molecule has 29 heavy (non-hydrogen) atoms. The third kappa shape index (κ3) is 2.92. The van der Waals surface area contributed by atoms with Gasteiger partial charge in [-0.25, -0.2) is 4.73 Å². The molecule has 1 fully saturated rings. The minimum Gasteiger partial charge on any atom is -0.739 e. The van der Waals surface area contributed by atoms with Crippen molar-refractivity contribution in [2.75, 3.05) is 25.1 Å². The molecule has 2 aromatic carbocycles. The van der Waals surface area contributed by atoms with Crippen LogP contribution in [0.2, 0.25) is 0 Å². The molecule has 1 aliphatic carbocycles. The van der Waals surface area contributed by atoms with Crippen LogP contribution in [0.3, 0.4) is 0 Å². The summed E-state index contributed by atoms with van der Waals surface area (Å²) in [5.41, 5.74) is 5.51. The van der Waals surface area contributed by atoms with Crippen LogP contribution in [0.5, 0.6) is 5.75 Å². The Morgan fingerprint density at radius 2 is 1.86 bits per heavy atom. The Bertz CT molecular complexity index is 1120. The van der Waals surface area contributed by atoms with Crippen LogP contribution in [-0.2, 0) is 12.8 Å². The number of aryl methyl sites for hydroxylation is 3. The van der Waals surface area contributed by atoms with E-state index in [0.717, 1.165) is 41.7 Å². The number of benzene rings is 2. The average Bonchev–Trinajstić information content (AvgIpc) is 3.39. The first kappa shape index (κ1) is 18.0. The summed E-state index contributed by atoms with van der Waals surface area (Å²) in [6, 6.07) is 9.80. The van der Waals surface area contributed by atoms with Crippen molar-refractivity contribution in [1.82, 2.24) is 5.10 Å². The van der Waals surface area contributed by atoms with Crippen LogP contribution in [-0.4, -0.2) is 25.3 Å². The van der Waals surface area contributed by atoms with Gasteiger partial charge in [-0.2, -0.15) is 0 Å². The highest BCUT2D eigenvalue weighted by Gasteiger charge is 2.35. The van der Waals surface area contributed by atoms with Crippen LogP contribution in [0.4, 0.5) is 5.95 Å². The van der Waals surface area contributed by atoms with Crippen molar-refractivity contribution in [2.45, 2.75) is 38.5 Å². The van der Waals surface area contributed by atoms with Crippen LogP contribution >= 0.6 is 0 Å². The summed E-state index contributed by atoms with van der Waals surface area (Å²) in [6.45, 7) is 3.43. The van der Waals surface area contributed by atoms with Crippen LogP contribution < -0.4 is 19.2 Å². The number of fused-ring (bicyclic) bond motifs is 2. The maximum atomic E-state index is 13.1. The first-order chi connectivity index (χ1) is 14.0. The smallest absolute Gasteiger partial charge is 0.463 e. The third-order valence-corrected chi connectivity index (χ3v) is 6.37. The minimum absolute atomic E-state index is 0.188. The molecule has 1 unspecified atom stereocenters. The van der Waals surface area contributed by atoms with Gasteiger partial charge in [0.05, 0.1) is 20.2 Å². The lowest BCUT2D eigenvalue weighted by Gasteiger charge is -2.17. The molecule has 7 nitrogen and oxygen atoms in total. The number of methoxy groups -OCH3 is 1. The summed E-state index contributed by atoms with van der Waals surface area (Å²) >= 11 is 0. The van der Waals surface area contributed by atoms with E-state index in [-0.39, 0.29) is 11.9 Å². The quantitative estimate of drug-likeness (QED) is 0.505. The van der Waals surface area contributed by atoms with E-state index < -0.39 is 0 Å². The summed E-state index contributed by atoms with van der Waals surface area (Å²) in [6.07, 6.45) is 3.89. The molecule has 1 aliphatic heterocycles. The zero-order valence-corrected chi connectivity index (χ0v) is 16.7. The fraction of sp³-hybridized carbons (Fsp3) is 0.409. The number of nitrogens with zero attached hydrogens (tertiary/aromatic N) is 4. The summed E-state index contributed by atoms with van der Waals surface area (Å²) in [5.74, 6) is 1.29. The van der Waals surface area contributed by atoms with E-state index in [1.807, 2.05) is 23.1 Å². The third-order valence-electron chi connectivity index (χ3n) is 6.37. The SMILES string of the molecule is COc1ccc(C)c(C2CCN(c3n[n+]([O-])c4cc5c(cc4[n+]3[O-])CCC5)C2)c1. The van der Waals surface area contributed by atoms with Gasteiger partial charge in [-0.15, -0.1) is 0 Å². The maximum absolute atomic E-state index is 13.1. The van der Waals surface area contributed by atoms with Gasteiger partial charge in [0, 0.05) is 16.8 Å². The van der Waals surface area contributed by atoms with Crippen molar-refractivity contribution < 1.29 is 14.3 Å². The summed E-state index contributed by atoms with van der Waals surface area (Å²) in [7, 11) is 1.67. The van der Waals surface area contributed by atoms with E-state index in [4.69, 9.17) is 4.74 Å². The van der Waals surface area contributed by atoms with Gasteiger partial charge in [0.25, 0.3) is 5.52 Å². The number of rotatable bonds is 3. The second kappa shape index (κ2) is 6.76. The van der Waals surface area contributed by atoms with Crippen molar-refractivity contribution in [2.24, 2.45) is 0 Å². The van der Waals surface area contributed by atoms with Crippen LogP contribution in [0, 0.1) is 17.3 Å². The number of ether oxygens (including phenoxy) is 1. The summed E-state index contributed by atoms with van der Waals surface area (Å²) in [5, 5.41) is 29.8. The predicted octanol–water partition coefficient (Wildman–Crippen LogP) is 2.30. The first-order valence-corrected chi connectivity index (χ1v) is 10.1. The van der Waals surface area contributed by atoms with Gasteiger partial charge < -0.3 is 15.2 Å². The van der Waals surface area contributed by atoms with E-state index in [0.29, 0.717) is 29.0 Å². The second-order valence-corrected chi connectivity index (χ2v) is 8.08. The van der Waals surface area contributed by atoms with E-state index in [1.54, 1.807) is 7.11 Å². The Hall–Kier alpha value is -3.09. The molecule has 1 aromatic heterocycles. The monoisotopic (exact) mass is 392 g/mol. The van der Waals surface area contributed by atoms with Crippen molar-refractivity contribution in [3.63, 3.8) is 0 Å². The Morgan fingerprint density at radius 3 is 2.62 bits per heavy atom. The van der Waals surface area contributed by atoms with Crippen molar-refractivity contribution >= 4 is 17.0 Å². The lowest BCUT2D eigenvalue weighted by Crippen LogP contribution is -2.47. The molecule has 3 aromatic rings. The Kier molecular flexibility index (Phi) is 4.19. The molecule has 0 amide bonds. The lowest BCUT2D eigenvalue weighted by molar-refractivity contribution is -0.673. The molecular weight excluding hydrogens is 368 g/mol. The van der Waals surface area contributed by atoms with E-state index in [9.17, 15) is 10.4 Å². The summed E-state index contributed by atoms with van der Waals surface area (Å²) < 4.78 is 6.21. The molecule has 2 heterocycles. The van der Waals surface area contributed by atoms with Gasteiger partial charge in [-0.3, -0.25) is 4.90 Å². The zero-order chi connectivity index (χ0) is 20.1. The Morgan fingerprint density at radius 1 is 1.10 bits per heavy atom. The lowest BCUT2D eigenvalue weighted by atomic mass is 9.94. The minimum atomic E-state index is 0.188. The van der Waals surface area contributed by atoms with Crippen molar-refractivity contribution in [1.29, 1.82) is 0 Å². The molecule has 0 spiro atoms. The van der Waals surface area contributed by atoms with Crippen molar-refractivity contribution in [3.8, 4) is 5.75 Å². The molecule has 5 rings (SSSR count). The molecular formula is C22H24N4O3. The first-order valence-electron chi connectivity index (χ1n) is 10.1. The van der Waals surface area contributed by atoms with E-state index in [1.165, 1.54) is 16.7 Å². The van der Waals surface area contributed by atoms with Gasteiger partial charge in [-0.1, -0.05) is 6.07 Å². The topological polar surface area (TPSA) is 79.2 Å². The summed E-state index contributed by atoms with van der Waals surface area (Å²) in [4.78, 5) is 2.54. The fourth-order valence-electron chi connectivity index (χ4n) is 4.77. The van der Waals surface area contributed by atoms with Gasteiger partial charge in [0.15, 0.2) is 5.52 Å². The number of hydrogen-bond donors (Lipinski definition) is 0. The molecule has 0 radical (unpaired) electrons. The van der Waals surface area contributed by atoms with Gasteiger partial charge in [-0.05, 0) is 73.1 Å². The second-order valence-electron chi connectivity index (χ2n) is 8.08. The van der Waals surface area contributed by atoms with E-state index >= 15 is 0 Å². The molecule has 0 bridgehead atoms. The van der Waals surface area contributed by atoms with Crippen LogP contribution in [0.1, 0.15) is 41.0 Å². The Balaban J connectivity index is 1.50. The Labute approximate surface area is 169 Å². The van der Waals surface area contributed by atoms with Gasteiger partial charge >= 0.3 is 5.95 Å². The number of anilines is 1. The van der Waals surface area contributed by atoms with Gasteiger partial charge in [0.2, 0.25) is 5.10 Å². The maximum Gasteiger partial charge on any atom is 0.463 e. The number of aromatic nitrogens is 3. The standard InChI is InChI=1S/C22H24N4O3/c1-14-6-7-18(29-2)12-19(14)17-8-9-24(13-17)22-23-26(28)21-11-16-5-3-4-15(16)10-20(21)25(22)27/h6-7,10-12,17H,3-5,8-9,13H2,1-2H3. The molecule has 1 saturated heterocycles. The van der Waals surface area contributed by atoms with Crippen LogP contribution in [0.15, 0.2) is 30.3 Å². The highest BCUT2D eigenvalue weighted by atomic mass is 16.5. The van der Waals surface area contributed by atoms with E-state index in [2.05, 4.69) is 24.2 Å². The fourth-order valence-corrected chi connectivity index (χ4v) is 4.77. The normalized spacial score (nSPS) is 18.4. The highest BCUT2D eigenvalue weighted by molar-refractivity contribution is 5.71. The zero-order valence-electron chi connectivity index (χ0n) is 16.7. The van der Waals surface area contributed by atoms with Crippen molar-refractivity contribution in [3.05, 3.63) is 63.0 Å². The predicted molar refractivity (Wildman–Crippen MR) is 109 cm³/mol. The largest absolute Gasteiger partial charge is 0.739 e. The molecule has 7 heteroatoms. The molecule has 0 saturated carbocycles.